The number of hydrogen-bond acceptors (Lipinski definition) is 0. The Morgan fingerprint density at radius 2 is 1.42 bits per heavy atom. The van der Waals surface area contributed by atoms with E-state index < -0.39 is 0 Å². The summed E-state index contributed by atoms with van der Waals surface area (Å²) in [5.41, 5.74) is 4.56. The van der Waals surface area contributed by atoms with E-state index in [2.05, 4.69) is 44.9 Å². The number of rotatable bonds is 0. The van der Waals surface area contributed by atoms with Crippen LogP contribution >= 0.6 is 0 Å². The van der Waals surface area contributed by atoms with Crippen LogP contribution < -0.4 is 18.9 Å². The van der Waals surface area contributed by atoms with Crippen LogP contribution in [0.3, 0.4) is 0 Å². The third-order valence-corrected chi connectivity index (χ3v) is 4.06. The molecule has 0 aromatic carbocycles. The van der Waals surface area contributed by atoms with Crippen LogP contribution in [-0.2, 0) is 0 Å². The van der Waals surface area contributed by atoms with Gasteiger partial charge in [-0.3, -0.25) is 0 Å². The molecule has 0 aliphatic heterocycles. The zero-order valence-corrected chi connectivity index (χ0v) is 10.0. The molecule has 0 amide bonds. The average Bonchev–Trinajstić information content (AvgIpc) is 2.06. The molecule has 59 valence electrons. The van der Waals surface area contributed by atoms with Crippen molar-refractivity contribution in [3.63, 3.8) is 0 Å². The van der Waals surface area contributed by atoms with E-state index in [0.29, 0.717) is 0 Å². The molecule has 0 aromatic heterocycles. The minimum Gasteiger partial charge on any atom is -0.0759 e. The molecule has 12 heavy (non-hydrogen) atoms. The maximum atomic E-state index is 3.70. The standard InChI is InChI=1S/C10H15Si.Li/c1-6-7(2)9(11)10(4,5)8(6)3;/h1-5H3;/q;+1. The van der Waals surface area contributed by atoms with Gasteiger partial charge >= 0.3 is 18.9 Å². The molecular formula is C10H15LiSi+. The van der Waals surface area contributed by atoms with Crippen molar-refractivity contribution in [2.75, 3.05) is 0 Å². The van der Waals surface area contributed by atoms with Gasteiger partial charge in [-0.2, -0.15) is 0 Å². The fourth-order valence-corrected chi connectivity index (χ4v) is 1.97. The van der Waals surface area contributed by atoms with Gasteiger partial charge in [0.2, 0.25) is 0 Å². The fourth-order valence-electron chi connectivity index (χ4n) is 1.59. The van der Waals surface area contributed by atoms with Gasteiger partial charge in [0.25, 0.3) is 0 Å². The molecule has 0 fully saturated rings. The summed E-state index contributed by atoms with van der Waals surface area (Å²) in [6, 6.07) is 0. The third kappa shape index (κ3) is 1.51. The molecule has 3 radical (unpaired) electrons. The van der Waals surface area contributed by atoms with E-state index in [-0.39, 0.29) is 24.3 Å². The molecule has 0 atom stereocenters. The fraction of sp³-hybridized carbons (Fsp3) is 0.600. The molecule has 0 saturated heterocycles. The van der Waals surface area contributed by atoms with E-state index in [4.69, 9.17) is 0 Å². The van der Waals surface area contributed by atoms with Gasteiger partial charge in [-0.05, 0) is 26.3 Å². The minimum atomic E-state index is 0. The molecule has 1 aliphatic rings. The summed E-state index contributed by atoms with van der Waals surface area (Å²) in [5, 5.41) is 1.34. The van der Waals surface area contributed by atoms with Crippen LogP contribution in [0, 0.1) is 5.41 Å². The first-order valence-corrected chi connectivity index (χ1v) is 4.50. The van der Waals surface area contributed by atoms with Crippen molar-refractivity contribution < 1.29 is 18.9 Å². The molecule has 0 aromatic rings. The second-order valence-electron chi connectivity index (χ2n) is 3.88. The summed E-state index contributed by atoms with van der Waals surface area (Å²) in [6.07, 6.45) is 0. The van der Waals surface area contributed by atoms with Crippen molar-refractivity contribution in [1.82, 2.24) is 0 Å². The Labute approximate surface area is 91.1 Å². The molecule has 1 rings (SSSR count). The smallest absolute Gasteiger partial charge is 0.0759 e. The van der Waals surface area contributed by atoms with E-state index in [1.165, 1.54) is 21.9 Å². The first-order chi connectivity index (χ1) is 4.89. The average molecular weight is 170 g/mol. The van der Waals surface area contributed by atoms with Crippen LogP contribution in [0.25, 0.3) is 0 Å². The van der Waals surface area contributed by atoms with E-state index in [1.807, 2.05) is 0 Å². The molecule has 0 spiro atoms. The van der Waals surface area contributed by atoms with Crippen molar-refractivity contribution in [3.8, 4) is 0 Å². The predicted molar refractivity (Wildman–Crippen MR) is 50.6 cm³/mol. The maximum Gasteiger partial charge on any atom is 1.00 e. The second-order valence-corrected chi connectivity index (χ2v) is 4.38. The summed E-state index contributed by atoms with van der Waals surface area (Å²) in [5.74, 6) is 0. The topological polar surface area (TPSA) is 0 Å². The summed E-state index contributed by atoms with van der Waals surface area (Å²) in [4.78, 5) is 0. The molecule has 2 heteroatoms. The van der Waals surface area contributed by atoms with Crippen LogP contribution in [0.2, 0.25) is 0 Å². The van der Waals surface area contributed by atoms with E-state index in [0.717, 1.165) is 0 Å². The molecule has 0 N–H and O–H groups in total. The SMILES string of the molecule is CC1=C(C)C(C)(C)C([Si])=C1C.[Li+]. The summed E-state index contributed by atoms with van der Waals surface area (Å²) in [7, 11) is 3.70. The summed E-state index contributed by atoms with van der Waals surface area (Å²) < 4.78 is 0. The van der Waals surface area contributed by atoms with E-state index >= 15 is 0 Å². The number of allylic oxidation sites excluding steroid dienone is 4. The third-order valence-electron chi connectivity index (χ3n) is 3.06. The molecule has 0 nitrogen and oxygen atoms in total. The van der Waals surface area contributed by atoms with E-state index in [1.54, 1.807) is 0 Å². The van der Waals surface area contributed by atoms with Crippen molar-refractivity contribution in [2.24, 2.45) is 5.41 Å². The zero-order valence-electron chi connectivity index (χ0n) is 9.00. The molecule has 0 bridgehead atoms. The van der Waals surface area contributed by atoms with Gasteiger partial charge < -0.3 is 0 Å². The molecular weight excluding hydrogens is 155 g/mol. The van der Waals surface area contributed by atoms with Crippen molar-refractivity contribution in [2.45, 2.75) is 34.6 Å². The maximum absolute atomic E-state index is 3.70. The van der Waals surface area contributed by atoms with Gasteiger partial charge in [0.15, 0.2) is 0 Å². The van der Waals surface area contributed by atoms with E-state index in [9.17, 15) is 0 Å². The van der Waals surface area contributed by atoms with Gasteiger partial charge in [-0.1, -0.05) is 30.2 Å². The Bertz CT molecular complexity index is 233. The number of hydrogen-bond donors (Lipinski definition) is 0. The van der Waals surface area contributed by atoms with Crippen LogP contribution in [0.1, 0.15) is 34.6 Å². The van der Waals surface area contributed by atoms with Crippen LogP contribution in [0.15, 0.2) is 21.9 Å². The first-order valence-electron chi connectivity index (χ1n) is 4.00. The molecule has 1 aliphatic carbocycles. The molecule has 0 heterocycles. The molecule has 0 unspecified atom stereocenters. The predicted octanol–water partition coefficient (Wildman–Crippen LogP) is -0.191. The Hall–Kier alpha value is 0.294. The Balaban J connectivity index is 0.00000121. The summed E-state index contributed by atoms with van der Waals surface area (Å²) in [6.45, 7) is 11.1. The van der Waals surface area contributed by atoms with Crippen LogP contribution in [-0.4, -0.2) is 10.2 Å². The Morgan fingerprint density at radius 1 is 1.00 bits per heavy atom. The van der Waals surface area contributed by atoms with Gasteiger partial charge in [0.1, 0.15) is 0 Å². The summed E-state index contributed by atoms with van der Waals surface area (Å²) >= 11 is 0. The first kappa shape index (κ1) is 12.3. The van der Waals surface area contributed by atoms with Gasteiger partial charge in [-0.25, -0.2) is 0 Å². The van der Waals surface area contributed by atoms with Gasteiger partial charge in [-0.15, -0.1) is 0 Å². The van der Waals surface area contributed by atoms with Crippen LogP contribution in [0.5, 0.6) is 0 Å². The monoisotopic (exact) mass is 170 g/mol. The zero-order chi connectivity index (χ0) is 8.81. The Kier molecular flexibility index (Phi) is 3.66. The van der Waals surface area contributed by atoms with Crippen molar-refractivity contribution in [1.29, 1.82) is 0 Å². The van der Waals surface area contributed by atoms with Gasteiger partial charge in [0, 0.05) is 5.41 Å². The van der Waals surface area contributed by atoms with Gasteiger partial charge in [0.05, 0.1) is 10.2 Å². The quantitative estimate of drug-likeness (QED) is 0.442. The van der Waals surface area contributed by atoms with Crippen molar-refractivity contribution in [3.05, 3.63) is 21.9 Å². The molecule has 0 saturated carbocycles. The second kappa shape index (κ2) is 3.58. The van der Waals surface area contributed by atoms with Crippen molar-refractivity contribution >= 4 is 10.2 Å². The van der Waals surface area contributed by atoms with Crippen LogP contribution in [0.4, 0.5) is 0 Å². The minimum absolute atomic E-state index is 0. The largest absolute Gasteiger partial charge is 1.00 e. The normalized spacial score (nSPS) is 21.5. The Morgan fingerprint density at radius 3 is 1.50 bits per heavy atom.